The summed E-state index contributed by atoms with van der Waals surface area (Å²) < 4.78 is 17.5. The van der Waals surface area contributed by atoms with Crippen molar-refractivity contribution in [1.82, 2.24) is 9.88 Å². The fourth-order valence-electron chi connectivity index (χ4n) is 3.72. The molecule has 0 aliphatic heterocycles. The molecule has 0 aliphatic carbocycles. The van der Waals surface area contributed by atoms with Crippen LogP contribution in [-0.2, 0) is 20.8 Å². The maximum absolute atomic E-state index is 13.4. The van der Waals surface area contributed by atoms with Crippen LogP contribution in [0.15, 0.2) is 65.6 Å². The van der Waals surface area contributed by atoms with E-state index in [1.54, 1.807) is 49.7 Å². The van der Waals surface area contributed by atoms with E-state index in [4.69, 9.17) is 25.8 Å². The molecular formula is C28H32ClN3O7. The highest BCUT2D eigenvalue weighted by atomic mass is 35.5. The number of ether oxygens (including phenoxy) is 3. The zero-order chi connectivity index (χ0) is 28.2. The Hall–Kier alpha value is -3.86. The standard InChI is InChI=1S/C28H32ClN3O7/c1-19-7-9-20(10-8-19)23(17-25(33)34)30-28(36)31-26-24(39-16-15-38-14-13-37-2)11-12-32(27(26)35)18-21-5-3-4-6-22(21)29/h3-12,23H,13-18H2,1-2H3,(H,33,34)(H2,30,31,36). The van der Waals surface area contributed by atoms with Crippen LogP contribution >= 0.6 is 11.6 Å². The zero-order valence-electron chi connectivity index (χ0n) is 21.8. The van der Waals surface area contributed by atoms with Crippen LogP contribution in [0, 0.1) is 6.92 Å². The second-order valence-corrected chi connectivity index (χ2v) is 9.10. The molecular weight excluding hydrogens is 526 g/mol. The summed E-state index contributed by atoms with van der Waals surface area (Å²) in [7, 11) is 1.57. The van der Waals surface area contributed by atoms with Crippen molar-refractivity contribution in [3.8, 4) is 5.75 Å². The highest BCUT2D eigenvalue weighted by molar-refractivity contribution is 6.31. The van der Waals surface area contributed by atoms with Crippen LogP contribution in [0.3, 0.4) is 0 Å². The van der Waals surface area contributed by atoms with E-state index in [1.807, 2.05) is 25.1 Å². The number of halogens is 1. The number of urea groups is 1. The molecule has 0 aliphatic rings. The fraction of sp³-hybridized carbons (Fsp3) is 0.321. The third kappa shape index (κ3) is 9.13. The fourth-order valence-corrected chi connectivity index (χ4v) is 3.91. The van der Waals surface area contributed by atoms with Gasteiger partial charge in [0.15, 0.2) is 5.69 Å². The summed E-state index contributed by atoms with van der Waals surface area (Å²) in [6.07, 6.45) is 1.21. The first-order chi connectivity index (χ1) is 18.8. The first-order valence-corrected chi connectivity index (χ1v) is 12.7. The Morgan fingerprint density at radius 1 is 1.03 bits per heavy atom. The van der Waals surface area contributed by atoms with Gasteiger partial charge in [-0.3, -0.25) is 9.59 Å². The smallest absolute Gasteiger partial charge is 0.319 e. The van der Waals surface area contributed by atoms with Crippen molar-refractivity contribution in [2.45, 2.75) is 25.9 Å². The Morgan fingerprint density at radius 2 is 1.74 bits per heavy atom. The number of hydrogen-bond donors (Lipinski definition) is 3. The molecule has 0 radical (unpaired) electrons. The van der Waals surface area contributed by atoms with E-state index in [1.165, 1.54) is 4.57 Å². The van der Waals surface area contributed by atoms with E-state index in [-0.39, 0.29) is 37.6 Å². The number of anilines is 1. The molecule has 0 spiro atoms. The number of carbonyl (C=O) groups is 2. The lowest BCUT2D eigenvalue weighted by Gasteiger charge is -2.19. The number of carboxylic acid groups (broad SMARTS) is 1. The number of methoxy groups -OCH3 is 1. The lowest BCUT2D eigenvalue weighted by molar-refractivity contribution is -0.137. The maximum Gasteiger partial charge on any atom is 0.319 e. The number of carboxylic acids is 1. The van der Waals surface area contributed by atoms with E-state index >= 15 is 0 Å². The second kappa shape index (κ2) is 14.9. The van der Waals surface area contributed by atoms with Crippen molar-refractivity contribution >= 4 is 29.3 Å². The van der Waals surface area contributed by atoms with E-state index < -0.39 is 23.6 Å². The normalized spacial score (nSPS) is 11.6. The molecule has 3 rings (SSSR count). The average Bonchev–Trinajstić information content (AvgIpc) is 2.90. The van der Waals surface area contributed by atoms with Gasteiger partial charge in [-0.1, -0.05) is 59.6 Å². The van der Waals surface area contributed by atoms with Gasteiger partial charge in [-0.25, -0.2) is 4.79 Å². The van der Waals surface area contributed by atoms with E-state index in [0.29, 0.717) is 23.8 Å². The zero-order valence-corrected chi connectivity index (χ0v) is 22.6. The van der Waals surface area contributed by atoms with Gasteiger partial charge in [-0.15, -0.1) is 0 Å². The van der Waals surface area contributed by atoms with Gasteiger partial charge in [0.1, 0.15) is 12.4 Å². The molecule has 1 unspecified atom stereocenters. The molecule has 0 bridgehead atoms. The Morgan fingerprint density at radius 3 is 2.44 bits per heavy atom. The summed E-state index contributed by atoms with van der Waals surface area (Å²) in [4.78, 5) is 38.0. The van der Waals surface area contributed by atoms with Gasteiger partial charge in [-0.2, -0.15) is 0 Å². The minimum atomic E-state index is -1.08. The molecule has 1 aromatic heterocycles. The number of nitrogens with one attached hydrogen (secondary N) is 2. The number of hydrogen-bond acceptors (Lipinski definition) is 6. The molecule has 2 aromatic carbocycles. The summed E-state index contributed by atoms with van der Waals surface area (Å²) in [6, 6.07) is 14.3. The molecule has 2 amide bonds. The maximum atomic E-state index is 13.4. The van der Waals surface area contributed by atoms with Crippen LogP contribution < -0.4 is 20.9 Å². The number of aromatic nitrogens is 1. The molecule has 3 aromatic rings. The van der Waals surface area contributed by atoms with E-state index in [2.05, 4.69) is 10.6 Å². The Labute approximate surface area is 231 Å². The van der Waals surface area contributed by atoms with Crippen LogP contribution in [0.5, 0.6) is 5.75 Å². The number of carbonyl (C=O) groups excluding carboxylic acids is 1. The predicted octanol–water partition coefficient (Wildman–Crippen LogP) is 4.24. The predicted molar refractivity (Wildman–Crippen MR) is 148 cm³/mol. The first-order valence-electron chi connectivity index (χ1n) is 12.3. The molecule has 39 heavy (non-hydrogen) atoms. The van der Waals surface area contributed by atoms with Crippen LogP contribution in [0.4, 0.5) is 10.5 Å². The van der Waals surface area contributed by atoms with Crippen molar-refractivity contribution in [2.75, 3.05) is 38.9 Å². The van der Waals surface area contributed by atoms with Crippen molar-refractivity contribution in [3.05, 3.63) is 92.9 Å². The third-order valence-corrected chi connectivity index (χ3v) is 6.11. The van der Waals surface area contributed by atoms with Crippen molar-refractivity contribution < 1.29 is 28.9 Å². The summed E-state index contributed by atoms with van der Waals surface area (Å²) in [5.41, 5.74) is 1.71. The van der Waals surface area contributed by atoms with E-state index in [9.17, 15) is 19.5 Å². The van der Waals surface area contributed by atoms with Gasteiger partial charge >= 0.3 is 12.0 Å². The Kier molecular flexibility index (Phi) is 11.4. The molecule has 10 nitrogen and oxygen atoms in total. The summed E-state index contributed by atoms with van der Waals surface area (Å²) in [5, 5.41) is 15.1. The topological polar surface area (TPSA) is 128 Å². The van der Waals surface area contributed by atoms with Crippen LogP contribution in [0.1, 0.15) is 29.2 Å². The molecule has 0 saturated carbocycles. The van der Waals surface area contributed by atoms with Gasteiger partial charge in [0.2, 0.25) is 0 Å². The average molecular weight is 558 g/mol. The number of benzene rings is 2. The third-order valence-electron chi connectivity index (χ3n) is 5.74. The quantitative estimate of drug-likeness (QED) is 0.253. The number of rotatable bonds is 14. The lowest BCUT2D eigenvalue weighted by Crippen LogP contribution is -2.36. The Balaban J connectivity index is 1.83. The number of amides is 2. The van der Waals surface area contributed by atoms with Gasteiger partial charge in [0.05, 0.1) is 38.8 Å². The molecule has 11 heteroatoms. The molecule has 208 valence electrons. The Bertz CT molecular complexity index is 1310. The number of aliphatic carboxylic acids is 1. The second-order valence-electron chi connectivity index (χ2n) is 8.69. The highest BCUT2D eigenvalue weighted by Gasteiger charge is 2.21. The molecule has 1 heterocycles. The minimum absolute atomic E-state index is 0.100. The molecule has 1 atom stereocenters. The first kappa shape index (κ1) is 29.7. The van der Waals surface area contributed by atoms with Crippen molar-refractivity contribution in [2.24, 2.45) is 0 Å². The van der Waals surface area contributed by atoms with Crippen molar-refractivity contribution in [3.63, 3.8) is 0 Å². The molecule has 0 saturated heterocycles. The number of aryl methyl sites for hydroxylation is 1. The number of nitrogens with zero attached hydrogens (tertiary/aromatic N) is 1. The lowest BCUT2D eigenvalue weighted by atomic mass is 10.0. The number of pyridine rings is 1. The van der Waals surface area contributed by atoms with Crippen LogP contribution in [0.25, 0.3) is 0 Å². The molecule has 0 fully saturated rings. The van der Waals surface area contributed by atoms with Gasteiger partial charge in [-0.05, 0) is 30.2 Å². The van der Waals surface area contributed by atoms with E-state index in [0.717, 1.165) is 11.1 Å². The monoisotopic (exact) mass is 557 g/mol. The SMILES string of the molecule is COCCOCCOc1ccn(Cc2ccccc2Cl)c(=O)c1NC(=O)NC(CC(=O)O)c1ccc(C)cc1. The van der Waals surface area contributed by atoms with Gasteiger partial charge < -0.3 is 34.5 Å². The van der Waals surface area contributed by atoms with Crippen LogP contribution in [0.2, 0.25) is 5.02 Å². The minimum Gasteiger partial charge on any atom is -0.489 e. The summed E-state index contributed by atoms with van der Waals surface area (Å²) in [5.74, 6) is -0.939. The summed E-state index contributed by atoms with van der Waals surface area (Å²) >= 11 is 6.28. The summed E-state index contributed by atoms with van der Waals surface area (Å²) in [6.45, 7) is 3.26. The van der Waals surface area contributed by atoms with Crippen LogP contribution in [-0.4, -0.2) is 55.2 Å². The largest absolute Gasteiger partial charge is 0.489 e. The molecule has 3 N–H and O–H groups in total. The van der Waals surface area contributed by atoms with Crippen molar-refractivity contribution in [1.29, 1.82) is 0 Å². The van der Waals surface area contributed by atoms with Gasteiger partial charge in [0.25, 0.3) is 5.56 Å². The highest BCUT2D eigenvalue weighted by Crippen LogP contribution is 2.23. The van der Waals surface area contributed by atoms with Gasteiger partial charge in [0, 0.05) is 18.3 Å².